The van der Waals surface area contributed by atoms with Gasteiger partial charge in [-0.1, -0.05) is 0 Å². The largest absolute Gasteiger partial charge is 0.456 e. The summed E-state index contributed by atoms with van der Waals surface area (Å²) in [5, 5.41) is 2.56. The molecule has 0 radical (unpaired) electrons. The fraction of sp³-hybridized carbons (Fsp3) is 0.235. The van der Waals surface area contributed by atoms with Crippen molar-refractivity contribution >= 4 is 39.0 Å². The van der Waals surface area contributed by atoms with E-state index in [0.717, 1.165) is 11.3 Å². The van der Waals surface area contributed by atoms with Crippen molar-refractivity contribution in [2.45, 2.75) is 18.4 Å². The van der Waals surface area contributed by atoms with E-state index in [4.69, 9.17) is 0 Å². The molecule has 1 heterocycles. The zero-order valence-corrected chi connectivity index (χ0v) is 17.0. The van der Waals surface area contributed by atoms with Crippen molar-refractivity contribution in [3.63, 3.8) is 0 Å². The van der Waals surface area contributed by atoms with Gasteiger partial charge in [0.05, 0.1) is 11.4 Å². The first kappa shape index (κ1) is 23.5. The average Bonchev–Trinajstić information content (AvgIpc) is 3.16. The number of sulfonamides is 1. The molecule has 0 aliphatic rings. The standard InChI is InChI=1S/C17H15F3N2O6S2/c1-9(23)21-6-10-2-4-13(29-10)12(24)8-28-15(25)7-22-30(26,27)14-5-3-11(18)16(19)17(14)20/h2-5,22H,6-8H2,1H3,(H,21,23). The van der Waals surface area contributed by atoms with E-state index in [0.29, 0.717) is 17.0 Å². The van der Waals surface area contributed by atoms with Crippen LogP contribution in [-0.4, -0.2) is 39.2 Å². The Morgan fingerprint density at radius 1 is 1.07 bits per heavy atom. The first-order valence-electron chi connectivity index (χ1n) is 8.16. The highest BCUT2D eigenvalue weighted by molar-refractivity contribution is 7.89. The van der Waals surface area contributed by atoms with Crippen molar-refractivity contribution in [2.75, 3.05) is 13.2 Å². The summed E-state index contributed by atoms with van der Waals surface area (Å²) in [7, 11) is -4.68. The Labute approximate surface area is 173 Å². The lowest BCUT2D eigenvalue weighted by atomic mass is 10.3. The highest BCUT2D eigenvalue weighted by Gasteiger charge is 2.25. The molecular weight excluding hydrogens is 449 g/mol. The number of rotatable bonds is 9. The van der Waals surface area contributed by atoms with Crippen LogP contribution in [0.3, 0.4) is 0 Å². The van der Waals surface area contributed by atoms with Crippen molar-refractivity contribution in [1.29, 1.82) is 0 Å². The number of halogens is 3. The van der Waals surface area contributed by atoms with Crippen LogP contribution in [0.1, 0.15) is 21.5 Å². The Balaban J connectivity index is 1.88. The van der Waals surface area contributed by atoms with Crippen LogP contribution in [0.2, 0.25) is 0 Å². The molecule has 0 bridgehead atoms. The van der Waals surface area contributed by atoms with E-state index >= 15 is 0 Å². The number of carbonyl (C=O) groups is 3. The van der Waals surface area contributed by atoms with Crippen molar-refractivity contribution < 1.29 is 40.7 Å². The van der Waals surface area contributed by atoms with Crippen LogP contribution in [0.15, 0.2) is 29.2 Å². The van der Waals surface area contributed by atoms with Crippen molar-refractivity contribution in [3.05, 3.63) is 51.5 Å². The minimum atomic E-state index is -4.68. The van der Waals surface area contributed by atoms with Crippen LogP contribution in [0.5, 0.6) is 0 Å². The van der Waals surface area contributed by atoms with Gasteiger partial charge in [-0.05, 0) is 24.3 Å². The minimum absolute atomic E-state index is 0.232. The van der Waals surface area contributed by atoms with Gasteiger partial charge in [-0.15, -0.1) is 11.3 Å². The average molecular weight is 464 g/mol. The molecule has 0 aliphatic heterocycles. The van der Waals surface area contributed by atoms with Crippen molar-refractivity contribution in [2.24, 2.45) is 0 Å². The Morgan fingerprint density at radius 3 is 2.43 bits per heavy atom. The molecule has 0 saturated carbocycles. The topological polar surface area (TPSA) is 119 Å². The molecular formula is C17H15F3N2O6S2. The van der Waals surface area contributed by atoms with E-state index in [2.05, 4.69) is 10.1 Å². The van der Waals surface area contributed by atoms with E-state index in [1.54, 1.807) is 10.8 Å². The minimum Gasteiger partial charge on any atom is -0.456 e. The lowest BCUT2D eigenvalue weighted by molar-refractivity contribution is -0.141. The number of amides is 1. The van der Waals surface area contributed by atoms with E-state index < -0.39 is 57.3 Å². The Hall–Kier alpha value is -2.77. The summed E-state index contributed by atoms with van der Waals surface area (Å²) in [4.78, 5) is 34.3. The maximum atomic E-state index is 13.6. The molecule has 8 nitrogen and oxygen atoms in total. The highest BCUT2D eigenvalue weighted by Crippen LogP contribution is 2.19. The lowest BCUT2D eigenvalue weighted by Gasteiger charge is -2.08. The van der Waals surface area contributed by atoms with Gasteiger partial charge >= 0.3 is 5.97 Å². The zero-order valence-electron chi connectivity index (χ0n) is 15.3. The monoisotopic (exact) mass is 464 g/mol. The Morgan fingerprint density at radius 2 is 1.77 bits per heavy atom. The maximum absolute atomic E-state index is 13.6. The first-order chi connectivity index (χ1) is 14.0. The number of carbonyl (C=O) groups excluding carboxylic acids is 3. The van der Waals surface area contributed by atoms with Gasteiger partial charge in [-0.3, -0.25) is 14.4 Å². The second-order valence-corrected chi connectivity index (χ2v) is 8.66. The molecule has 1 aromatic carbocycles. The molecule has 0 aliphatic carbocycles. The summed E-state index contributed by atoms with van der Waals surface area (Å²) >= 11 is 1.08. The number of ketones is 1. The summed E-state index contributed by atoms with van der Waals surface area (Å²) in [6.07, 6.45) is 0. The van der Waals surface area contributed by atoms with Gasteiger partial charge < -0.3 is 10.1 Å². The van der Waals surface area contributed by atoms with Crippen LogP contribution in [-0.2, 0) is 30.9 Å². The van der Waals surface area contributed by atoms with Gasteiger partial charge in [0.15, 0.2) is 24.1 Å². The number of ether oxygens (including phenoxy) is 1. The molecule has 0 atom stereocenters. The third-order valence-electron chi connectivity index (χ3n) is 3.51. The molecule has 30 heavy (non-hydrogen) atoms. The van der Waals surface area contributed by atoms with Gasteiger partial charge in [-0.25, -0.2) is 21.6 Å². The summed E-state index contributed by atoms with van der Waals surface area (Å²) in [6.45, 7) is -0.0732. The quantitative estimate of drug-likeness (QED) is 0.330. The second kappa shape index (κ2) is 9.82. The molecule has 0 spiro atoms. The molecule has 162 valence electrons. The van der Waals surface area contributed by atoms with Crippen LogP contribution >= 0.6 is 11.3 Å². The summed E-state index contributed by atoms with van der Waals surface area (Å²) in [5.74, 6) is -7.42. The second-order valence-electron chi connectivity index (χ2n) is 5.76. The van der Waals surface area contributed by atoms with Crippen LogP contribution in [0.4, 0.5) is 13.2 Å². The predicted octanol–water partition coefficient (Wildman–Crippen LogP) is 1.51. The van der Waals surface area contributed by atoms with Gasteiger partial charge in [-0.2, -0.15) is 4.72 Å². The number of esters is 1. The van der Waals surface area contributed by atoms with Crippen LogP contribution in [0, 0.1) is 17.5 Å². The molecule has 0 fully saturated rings. The molecule has 1 aromatic heterocycles. The van der Waals surface area contributed by atoms with Gasteiger partial charge in [0.1, 0.15) is 11.4 Å². The molecule has 0 unspecified atom stereocenters. The molecule has 2 rings (SSSR count). The smallest absolute Gasteiger partial charge is 0.321 e. The molecule has 2 N–H and O–H groups in total. The van der Waals surface area contributed by atoms with Gasteiger partial charge in [0.25, 0.3) is 0 Å². The van der Waals surface area contributed by atoms with Gasteiger partial charge in [0.2, 0.25) is 21.7 Å². The SMILES string of the molecule is CC(=O)NCc1ccc(C(=O)COC(=O)CNS(=O)(=O)c2ccc(F)c(F)c2F)s1. The normalized spacial score (nSPS) is 11.2. The van der Waals surface area contributed by atoms with E-state index in [1.165, 1.54) is 13.0 Å². The van der Waals surface area contributed by atoms with Gasteiger partial charge in [0, 0.05) is 11.8 Å². The fourth-order valence-electron chi connectivity index (χ4n) is 2.05. The van der Waals surface area contributed by atoms with E-state index in [1.807, 2.05) is 0 Å². The number of hydrogen-bond donors (Lipinski definition) is 2. The van der Waals surface area contributed by atoms with Crippen LogP contribution in [0.25, 0.3) is 0 Å². The number of nitrogens with one attached hydrogen (secondary N) is 2. The van der Waals surface area contributed by atoms with E-state index in [9.17, 15) is 36.0 Å². The summed E-state index contributed by atoms with van der Waals surface area (Å²) < 4.78 is 69.9. The lowest BCUT2D eigenvalue weighted by Crippen LogP contribution is -2.32. The first-order valence-corrected chi connectivity index (χ1v) is 10.5. The Bertz CT molecular complexity index is 1090. The third-order valence-corrected chi connectivity index (χ3v) is 6.05. The molecule has 0 saturated heterocycles. The highest BCUT2D eigenvalue weighted by atomic mass is 32.2. The van der Waals surface area contributed by atoms with Crippen molar-refractivity contribution in [1.82, 2.24) is 10.0 Å². The molecule has 2 aromatic rings. The third kappa shape index (κ3) is 6.11. The Kier molecular flexibility index (Phi) is 7.70. The number of hydrogen-bond acceptors (Lipinski definition) is 7. The summed E-state index contributed by atoms with van der Waals surface area (Å²) in [5.41, 5.74) is 0. The number of thiophene rings is 1. The summed E-state index contributed by atoms with van der Waals surface area (Å²) in [6, 6.07) is 4.01. The predicted molar refractivity (Wildman–Crippen MR) is 98.6 cm³/mol. The number of Topliss-reactive ketones (excluding diaryl/α,β-unsaturated/α-hetero) is 1. The molecule has 1 amide bonds. The maximum Gasteiger partial charge on any atom is 0.321 e. The van der Waals surface area contributed by atoms with Crippen LogP contribution < -0.4 is 10.0 Å². The zero-order chi connectivity index (χ0) is 22.5. The molecule has 13 heteroatoms. The number of benzene rings is 1. The fourth-order valence-corrected chi connectivity index (χ4v) is 3.96. The van der Waals surface area contributed by atoms with Crippen molar-refractivity contribution in [3.8, 4) is 0 Å². The van der Waals surface area contributed by atoms with E-state index in [-0.39, 0.29) is 17.3 Å².